The minimum absolute atomic E-state index is 0.127. The van der Waals surface area contributed by atoms with E-state index >= 15 is 0 Å². The topological polar surface area (TPSA) is 52.0 Å². The lowest BCUT2D eigenvalue weighted by Crippen LogP contribution is -2.15. The Morgan fingerprint density at radius 3 is 2.00 bits per heavy atom. The Kier molecular flexibility index (Phi) is 3.84. The monoisotopic (exact) mass is 194 g/mol. The van der Waals surface area contributed by atoms with Crippen LogP contribution in [0.2, 0.25) is 0 Å². The van der Waals surface area contributed by atoms with Crippen molar-refractivity contribution in [1.82, 2.24) is 0 Å². The molecule has 0 radical (unpaired) electrons. The number of allylic oxidation sites excluding steroid dienone is 3. The summed E-state index contributed by atoms with van der Waals surface area (Å²) in [6, 6.07) is 0. The molecular formula is C8H13F3N2. The molecule has 0 aliphatic heterocycles. The highest BCUT2D eigenvalue weighted by atomic mass is 19.4. The molecule has 76 valence electrons. The fourth-order valence-electron chi connectivity index (χ4n) is 0.571. The van der Waals surface area contributed by atoms with Crippen LogP contribution in [0.1, 0.15) is 13.8 Å². The van der Waals surface area contributed by atoms with Crippen molar-refractivity contribution < 1.29 is 13.2 Å². The number of rotatable bonds is 2. The second-order valence-corrected chi connectivity index (χ2v) is 2.92. The zero-order chi connectivity index (χ0) is 10.6. The molecule has 0 fully saturated rings. The second kappa shape index (κ2) is 4.20. The average Bonchev–Trinajstić information content (AvgIpc) is 1.96. The van der Waals surface area contributed by atoms with Crippen molar-refractivity contribution in [2.45, 2.75) is 20.0 Å². The lowest BCUT2D eigenvalue weighted by molar-refractivity contribution is -0.0884. The Labute approximate surface area is 75.1 Å². The average molecular weight is 194 g/mol. The summed E-state index contributed by atoms with van der Waals surface area (Å²) in [5.74, 6) is -0.127. The number of halogens is 3. The van der Waals surface area contributed by atoms with Crippen molar-refractivity contribution >= 4 is 0 Å². The van der Waals surface area contributed by atoms with Crippen LogP contribution in [-0.4, -0.2) is 6.18 Å². The number of hydrogen-bond acceptors (Lipinski definition) is 2. The molecule has 0 unspecified atom stereocenters. The van der Waals surface area contributed by atoms with Crippen LogP contribution < -0.4 is 11.5 Å². The van der Waals surface area contributed by atoms with Gasteiger partial charge in [0.05, 0.1) is 5.57 Å². The first-order valence-electron chi connectivity index (χ1n) is 3.75. The van der Waals surface area contributed by atoms with Crippen LogP contribution in [0, 0.1) is 5.92 Å². The van der Waals surface area contributed by atoms with Crippen molar-refractivity contribution in [3.63, 3.8) is 0 Å². The van der Waals surface area contributed by atoms with Crippen molar-refractivity contribution in [2.75, 3.05) is 0 Å². The number of alkyl halides is 3. The molecule has 0 saturated carbocycles. The summed E-state index contributed by atoms with van der Waals surface area (Å²) >= 11 is 0. The van der Waals surface area contributed by atoms with Crippen LogP contribution in [0.3, 0.4) is 0 Å². The molecule has 0 rings (SSSR count). The van der Waals surface area contributed by atoms with E-state index in [-0.39, 0.29) is 11.6 Å². The third kappa shape index (κ3) is 3.87. The van der Waals surface area contributed by atoms with E-state index in [9.17, 15) is 13.2 Å². The van der Waals surface area contributed by atoms with Gasteiger partial charge in [0.2, 0.25) is 0 Å². The highest BCUT2D eigenvalue weighted by Crippen LogP contribution is 2.26. The van der Waals surface area contributed by atoms with E-state index < -0.39 is 11.7 Å². The largest absolute Gasteiger partial charge is 0.417 e. The molecule has 0 aliphatic rings. The van der Waals surface area contributed by atoms with Gasteiger partial charge in [-0.2, -0.15) is 13.2 Å². The Bertz CT molecular complexity index is 226. The normalized spacial score (nSPS) is 15.2. The molecule has 0 aromatic heterocycles. The fourth-order valence-corrected chi connectivity index (χ4v) is 0.571. The summed E-state index contributed by atoms with van der Waals surface area (Å²) in [4.78, 5) is 0. The first-order valence-corrected chi connectivity index (χ1v) is 3.75. The first kappa shape index (κ1) is 11.9. The van der Waals surface area contributed by atoms with Crippen molar-refractivity contribution in [2.24, 2.45) is 17.4 Å². The van der Waals surface area contributed by atoms with Gasteiger partial charge in [0, 0.05) is 11.9 Å². The van der Waals surface area contributed by atoms with Gasteiger partial charge in [0.15, 0.2) is 0 Å². The minimum atomic E-state index is -4.44. The van der Waals surface area contributed by atoms with Crippen LogP contribution >= 0.6 is 0 Å². The molecule has 5 heteroatoms. The molecule has 13 heavy (non-hydrogen) atoms. The van der Waals surface area contributed by atoms with Gasteiger partial charge in [-0.1, -0.05) is 13.8 Å². The third-order valence-electron chi connectivity index (χ3n) is 1.50. The van der Waals surface area contributed by atoms with Gasteiger partial charge in [0.1, 0.15) is 0 Å². The van der Waals surface area contributed by atoms with E-state index in [2.05, 4.69) is 0 Å². The maximum Gasteiger partial charge on any atom is 0.417 e. The van der Waals surface area contributed by atoms with E-state index in [1.807, 2.05) is 0 Å². The summed E-state index contributed by atoms with van der Waals surface area (Å²) in [5.41, 5.74) is 9.42. The Morgan fingerprint density at radius 2 is 1.77 bits per heavy atom. The standard InChI is InChI=1S/C8H13F3N2/c1-5(2)7(13)3-6(4-12)8(9,10)11/h3-5H,12-13H2,1-2H3/b6-4+,7-3-. The molecule has 0 saturated heterocycles. The van der Waals surface area contributed by atoms with Crippen LogP contribution in [0.5, 0.6) is 0 Å². The summed E-state index contributed by atoms with van der Waals surface area (Å²) < 4.78 is 36.3. The second-order valence-electron chi connectivity index (χ2n) is 2.92. The summed E-state index contributed by atoms with van der Waals surface area (Å²) in [5, 5.41) is 0. The van der Waals surface area contributed by atoms with Crippen molar-refractivity contribution in [1.29, 1.82) is 0 Å². The summed E-state index contributed by atoms with van der Waals surface area (Å²) in [6.45, 7) is 3.41. The molecule has 0 aliphatic carbocycles. The van der Waals surface area contributed by atoms with Crippen LogP contribution in [-0.2, 0) is 0 Å². The highest BCUT2D eigenvalue weighted by Gasteiger charge is 2.32. The molecule has 0 bridgehead atoms. The molecule has 2 nitrogen and oxygen atoms in total. The van der Waals surface area contributed by atoms with Crippen molar-refractivity contribution in [3.05, 3.63) is 23.5 Å². The van der Waals surface area contributed by atoms with Crippen LogP contribution in [0.4, 0.5) is 13.2 Å². The lowest BCUT2D eigenvalue weighted by Gasteiger charge is -2.10. The summed E-state index contributed by atoms with van der Waals surface area (Å²) in [7, 11) is 0. The predicted octanol–water partition coefficient (Wildman–Crippen LogP) is 1.89. The predicted molar refractivity (Wildman–Crippen MR) is 45.4 cm³/mol. The smallest absolute Gasteiger partial charge is 0.404 e. The molecule has 0 aromatic carbocycles. The Morgan fingerprint density at radius 1 is 1.31 bits per heavy atom. The molecule has 0 aromatic rings. The van der Waals surface area contributed by atoms with E-state index in [1.165, 1.54) is 0 Å². The quantitative estimate of drug-likeness (QED) is 0.659. The Balaban J connectivity index is 4.77. The van der Waals surface area contributed by atoms with E-state index in [4.69, 9.17) is 11.5 Å². The highest BCUT2D eigenvalue weighted by molar-refractivity contribution is 5.26. The SMILES string of the molecule is CC(C)/C(N)=C/C(=C\N)C(F)(F)F. The zero-order valence-corrected chi connectivity index (χ0v) is 7.52. The van der Waals surface area contributed by atoms with Gasteiger partial charge in [-0.25, -0.2) is 0 Å². The van der Waals surface area contributed by atoms with E-state index in [1.54, 1.807) is 13.8 Å². The van der Waals surface area contributed by atoms with Gasteiger partial charge in [-0.3, -0.25) is 0 Å². The third-order valence-corrected chi connectivity index (χ3v) is 1.50. The van der Waals surface area contributed by atoms with Gasteiger partial charge >= 0.3 is 6.18 Å². The summed E-state index contributed by atoms with van der Waals surface area (Å²) in [6.07, 6.45) is -3.08. The van der Waals surface area contributed by atoms with Gasteiger partial charge in [0.25, 0.3) is 0 Å². The molecular weight excluding hydrogens is 181 g/mol. The maximum atomic E-state index is 12.1. The number of hydrogen-bond donors (Lipinski definition) is 2. The molecule has 0 amide bonds. The van der Waals surface area contributed by atoms with Crippen LogP contribution in [0.25, 0.3) is 0 Å². The fraction of sp³-hybridized carbons (Fsp3) is 0.500. The van der Waals surface area contributed by atoms with E-state index in [0.717, 1.165) is 6.08 Å². The lowest BCUT2D eigenvalue weighted by atomic mass is 10.1. The molecule has 4 N–H and O–H groups in total. The Hall–Kier alpha value is -1.13. The molecule has 0 atom stereocenters. The van der Waals surface area contributed by atoms with Gasteiger partial charge in [-0.05, 0) is 12.0 Å². The van der Waals surface area contributed by atoms with E-state index in [0.29, 0.717) is 6.20 Å². The van der Waals surface area contributed by atoms with Crippen LogP contribution in [0.15, 0.2) is 23.5 Å². The first-order chi connectivity index (χ1) is 5.79. The van der Waals surface area contributed by atoms with Gasteiger partial charge < -0.3 is 11.5 Å². The van der Waals surface area contributed by atoms with Gasteiger partial charge in [-0.15, -0.1) is 0 Å². The molecule has 0 spiro atoms. The minimum Gasteiger partial charge on any atom is -0.404 e. The maximum absolute atomic E-state index is 12.1. The number of nitrogens with two attached hydrogens (primary N) is 2. The zero-order valence-electron chi connectivity index (χ0n) is 7.52. The molecule has 0 heterocycles. The van der Waals surface area contributed by atoms with Crippen molar-refractivity contribution in [3.8, 4) is 0 Å².